The summed E-state index contributed by atoms with van der Waals surface area (Å²) >= 11 is 13.3. The van der Waals surface area contributed by atoms with Gasteiger partial charge in [0.1, 0.15) is 0 Å². The van der Waals surface area contributed by atoms with Gasteiger partial charge in [-0.25, -0.2) is 8.42 Å². The number of thiophene rings is 1. The van der Waals surface area contributed by atoms with E-state index in [1.165, 1.54) is 29.5 Å². The maximum Gasteiger partial charge on any atom is 0.265 e. The summed E-state index contributed by atoms with van der Waals surface area (Å²) in [4.78, 5) is 13.0. The molecule has 5 nitrogen and oxygen atoms in total. The molecule has 130 valence electrons. The van der Waals surface area contributed by atoms with Crippen LogP contribution < -0.4 is 10.0 Å². The Hall–Kier alpha value is -1.80. The summed E-state index contributed by atoms with van der Waals surface area (Å²) < 4.78 is 25.9. The van der Waals surface area contributed by atoms with E-state index in [-0.39, 0.29) is 11.6 Å². The molecule has 0 saturated heterocycles. The highest BCUT2D eigenvalue weighted by Crippen LogP contribution is 2.29. The van der Waals surface area contributed by atoms with Crippen molar-refractivity contribution in [3.63, 3.8) is 0 Å². The Morgan fingerprint density at radius 1 is 1.00 bits per heavy atom. The summed E-state index contributed by atoms with van der Waals surface area (Å²) in [5.74, 6) is -0.315. The Morgan fingerprint density at radius 2 is 1.72 bits per heavy atom. The van der Waals surface area contributed by atoms with Gasteiger partial charge in [-0.15, -0.1) is 11.3 Å². The van der Waals surface area contributed by atoms with E-state index in [0.29, 0.717) is 20.6 Å². The van der Waals surface area contributed by atoms with E-state index in [9.17, 15) is 13.2 Å². The maximum absolute atomic E-state index is 12.5. The van der Waals surface area contributed by atoms with Gasteiger partial charge < -0.3 is 5.32 Å². The van der Waals surface area contributed by atoms with E-state index in [4.69, 9.17) is 23.2 Å². The van der Waals surface area contributed by atoms with Gasteiger partial charge in [0.25, 0.3) is 5.91 Å². The van der Waals surface area contributed by atoms with Crippen LogP contribution >= 0.6 is 34.5 Å². The molecule has 0 fully saturated rings. The van der Waals surface area contributed by atoms with Crippen LogP contribution in [0.3, 0.4) is 0 Å². The van der Waals surface area contributed by atoms with Gasteiger partial charge in [-0.1, -0.05) is 29.3 Å². The molecule has 9 heteroatoms. The van der Waals surface area contributed by atoms with E-state index >= 15 is 0 Å². The van der Waals surface area contributed by atoms with Gasteiger partial charge in [0.15, 0.2) is 0 Å². The van der Waals surface area contributed by atoms with Crippen LogP contribution in [-0.2, 0) is 10.0 Å². The van der Waals surface area contributed by atoms with Crippen LogP contribution in [-0.4, -0.2) is 20.6 Å². The molecule has 1 amide bonds. The van der Waals surface area contributed by atoms with Crippen LogP contribution in [0.5, 0.6) is 0 Å². The molecule has 0 aliphatic rings. The number of hydrogen-bond acceptors (Lipinski definition) is 4. The Kier molecular flexibility index (Phi) is 4.92. The van der Waals surface area contributed by atoms with Gasteiger partial charge in [0, 0.05) is 20.4 Å². The molecule has 0 atom stereocenters. The average Bonchev–Trinajstić information content (AvgIpc) is 2.87. The first-order valence-electron chi connectivity index (χ1n) is 6.98. The average molecular weight is 415 g/mol. The predicted molar refractivity (Wildman–Crippen MR) is 105 cm³/mol. The molecule has 25 heavy (non-hydrogen) atoms. The van der Waals surface area contributed by atoms with Crippen molar-refractivity contribution in [2.24, 2.45) is 0 Å². The molecule has 0 unspecified atom stereocenters. The second-order valence-corrected chi connectivity index (χ2v) is 9.05. The van der Waals surface area contributed by atoms with Gasteiger partial charge >= 0.3 is 0 Å². The third-order valence-electron chi connectivity index (χ3n) is 3.16. The lowest BCUT2D eigenvalue weighted by atomic mass is 10.2. The van der Waals surface area contributed by atoms with Crippen LogP contribution in [0.15, 0.2) is 42.5 Å². The number of amides is 1. The molecule has 0 bridgehead atoms. The Bertz CT molecular complexity index is 1080. The van der Waals surface area contributed by atoms with Crippen LogP contribution in [0.1, 0.15) is 9.67 Å². The SMILES string of the molecule is CS(=O)(=O)Nc1cc(Cl)cc(NC(=O)c2cc3ccc(Cl)cc3s2)c1. The second-order valence-electron chi connectivity index (χ2n) is 5.35. The monoisotopic (exact) mass is 414 g/mol. The minimum Gasteiger partial charge on any atom is -0.321 e. The number of carbonyl (C=O) groups excluding carboxylic acids is 1. The lowest BCUT2D eigenvalue weighted by Crippen LogP contribution is -2.12. The van der Waals surface area contributed by atoms with Crippen molar-refractivity contribution >= 4 is 71.9 Å². The number of carbonyl (C=O) groups is 1. The number of rotatable bonds is 4. The summed E-state index contributed by atoms with van der Waals surface area (Å²) in [6.07, 6.45) is 1.04. The van der Waals surface area contributed by atoms with Crippen molar-refractivity contribution < 1.29 is 13.2 Å². The van der Waals surface area contributed by atoms with Crippen LogP contribution in [0.4, 0.5) is 11.4 Å². The number of nitrogens with one attached hydrogen (secondary N) is 2. The normalized spacial score (nSPS) is 11.5. The van der Waals surface area contributed by atoms with Crippen molar-refractivity contribution in [2.75, 3.05) is 16.3 Å². The van der Waals surface area contributed by atoms with Crippen LogP contribution in [0, 0.1) is 0 Å². The number of anilines is 2. The number of halogens is 2. The molecule has 0 saturated carbocycles. The van der Waals surface area contributed by atoms with E-state index < -0.39 is 10.0 Å². The van der Waals surface area contributed by atoms with E-state index in [1.54, 1.807) is 18.2 Å². The highest BCUT2D eigenvalue weighted by Gasteiger charge is 2.12. The highest BCUT2D eigenvalue weighted by atomic mass is 35.5. The first-order chi connectivity index (χ1) is 11.7. The van der Waals surface area contributed by atoms with Crippen molar-refractivity contribution in [2.45, 2.75) is 0 Å². The zero-order valence-corrected chi connectivity index (χ0v) is 16.0. The Labute approximate surface area is 158 Å². The molecular weight excluding hydrogens is 403 g/mol. The standard InChI is InChI=1S/C16H12Cl2N2O3S2/c1-25(22,23)20-13-6-11(18)5-12(8-13)19-16(21)15-4-9-2-3-10(17)7-14(9)24-15/h2-8,20H,1H3,(H,19,21). The molecule has 2 N–H and O–H groups in total. The number of sulfonamides is 1. The van der Waals surface area contributed by atoms with Crippen molar-refractivity contribution in [1.29, 1.82) is 0 Å². The molecule has 0 aliphatic carbocycles. The predicted octanol–water partition coefficient (Wildman–Crippen LogP) is 4.83. The maximum atomic E-state index is 12.5. The van der Waals surface area contributed by atoms with Gasteiger partial charge in [-0.2, -0.15) is 0 Å². The largest absolute Gasteiger partial charge is 0.321 e. The third-order valence-corrected chi connectivity index (χ3v) is 5.32. The fraction of sp³-hybridized carbons (Fsp3) is 0.0625. The van der Waals surface area contributed by atoms with E-state index in [2.05, 4.69) is 10.0 Å². The quantitative estimate of drug-likeness (QED) is 0.641. The summed E-state index contributed by atoms with van der Waals surface area (Å²) in [6, 6.07) is 11.7. The van der Waals surface area contributed by atoms with Gasteiger partial charge in [0.2, 0.25) is 10.0 Å². The molecule has 3 aromatic rings. The topological polar surface area (TPSA) is 75.3 Å². The summed E-state index contributed by atoms with van der Waals surface area (Å²) in [5.41, 5.74) is 0.660. The Morgan fingerprint density at radius 3 is 2.44 bits per heavy atom. The number of fused-ring (bicyclic) bond motifs is 1. The molecular formula is C16H12Cl2N2O3S2. The number of benzene rings is 2. The number of hydrogen-bond donors (Lipinski definition) is 2. The van der Waals surface area contributed by atoms with E-state index in [1.807, 2.05) is 6.07 Å². The smallest absolute Gasteiger partial charge is 0.265 e. The summed E-state index contributed by atoms with van der Waals surface area (Å²) in [5, 5.41) is 4.54. The lowest BCUT2D eigenvalue weighted by Gasteiger charge is -2.09. The van der Waals surface area contributed by atoms with Gasteiger partial charge in [-0.3, -0.25) is 9.52 Å². The highest BCUT2D eigenvalue weighted by molar-refractivity contribution is 7.92. The molecule has 0 aliphatic heterocycles. The first-order valence-corrected chi connectivity index (χ1v) is 10.4. The molecule has 2 aromatic carbocycles. The zero-order chi connectivity index (χ0) is 18.2. The van der Waals surface area contributed by atoms with E-state index in [0.717, 1.165) is 16.3 Å². The molecule has 3 rings (SSSR count). The molecule has 1 aromatic heterocycles. The Balaban J connectivity index is 1.86. The van der Waals surface area contributed by atoms with Crippen LogP contribution in [0.25, 0.3) is 10.1 Å². The summed E-state index contributed by atoms with van der Waals surface area (Å²) in [6.45, 7) is 0. The first kappa shape index (κ1) is 18.0. The minimum atomic E-state index is -3.44. The molecule has 0 radical (unpaired) electrons. The minimum absolute atomic E-state index is 0.272. The third kappa shape index (κ3) is 4.64. The molecule has 0 spiro atoms. The van der Waals surface area contributed by atoms with Crippen LogP contribution in [0.2, 0.25) is 10.0 Å². The fourth-order valence-electron chi connectivity index (χ4n) is 2.24. The van der Waals surface area contributed by atoms with Crippen molar-refractivity contribution in [3.05, 3.63) is 57.4 Å². The zero-order valence-electron chi connectivity index (χ0n) is 12.8. The van der Waals surface area contributed by atoms with Gasteiger partial charge in [0.05, 0.1) is 16.8 Å². The summed E-state index contributed by atoms with van der Waals surface area (Å²) in [7, 11) is -3.44. The van der Waals surface area contributed by atoms with Crippen molar-refractivity contribution in [3.8, 4) is 0 Å². The van der Waals surface area contributed by atoms with Gasteiger partial charge in [-0.05, 0) is 41.8 Å². The van der Waals surface area contributed by atoms with Crippen molar-refractivity contribution in [1.82, 2.24) is 0 Å². The second kappa shape index (κ2) is 6.84. The lowest BCUT2D eigenvalue weighted by molar-refractivity contribution is 0.103. The molecule has 1 heterocycles. The fourth-order valence-corrected chi connectivity index (χ4v) is 4.26.